The van der Waals surface area contributed by atoms with Gasteiger partial charge in [0.05, 0.1) is 11.6 Å². The van der Waals surface area contributed by atoms with E-state index < -0.39 is 0 Å². The predicted octanol–water partition coefficient (Wildman–Crippen LogP) is 3.73. The Labute approximate surface area is 130 Å². The first-order chi connectivity index (χ1) is 10.0. The van der Waals surface area contributed by atoms with Crippen molar-refractivity contribution in [2.75, 3.05) is 7.05 Å². The van der Waals surface area contributed by atoms with Gasteiger partial charge in [0.25, 0.3) is 5.91 Å². The van der Waals surface area contributed by atoms with Crippen molar-refractivity contribution in [2.45, 2.75) is 6.54 Å². The molecule has 2 aromatic carbocycles. The zero-order chi connectivity index (χ0) is 15.4. The molecule has 0 radical (unpaired) electrons. The Morgan fingerprint density at radius 1 is 1.33 bits per heavy atom. The number of hydrogen-bond acceptors (Lipinski definition) is 2. The molecule has 106 valence electrons. The minimum absolute atomic E-state index is 0.154. The molecule has 0 aliphatic heterocycles. The van der Waals surface area contributed by atoms with Crippen LogP contribution in [0.15, 0.2) is 46.9 Å². The number of amides is 1. The molecule has 5 heteroatoms. The van der Waals surface area contributed by atoms with Gasteiger partial charge in [-0.1, -0.05) is 22.0 Å². The summed E-state index contributed by atoms with van der Waals surface area (Å²) in [5, 5.41) is 8.85. The van der Waals surface area contributed by atoms with Gasteiger partial charge in [0.1, 0.15) is 5.82 Å². The van der Waals surface area contributed by atoms with E-state index in [1.54, 1.807) is 37.4 Å². The summed E-state index contributed by atoms with van der Waals surface area (Å²) in [6, 6.07) is 13.0. The molecule has 0 saturated heterocycles. The van der Waals surface area contributed by atoms with Crippen LogP contribution >= 0.6 is 15.9 Å². The van der Waals surface area contributed by atoms with E-state index in [4.69, 9.17) is 5.26 Å². The second-order valence-electron chi connectivity index (χ2n) is 4.59. The lowest BCUT2D eigenvalue weighted by molar-refractivity contribution is 0.0784. The monoisotopic (exact) mass is 346 g/mol. The topological polar surface area (TPSA) is 44.1 Å². The van der Waals surface area contributed by atoms with Gasteiger partial charge < -0.3 is 4.90 Å². The molecule has 0 atom stereocenters. The molecular weight excluding hydrogens is 335 g/mol. The summed E-state index contributed by atoms with van der Waals surface area (Å²) in [6.07, 6.45) is 0. The minimum Gasteiger partial charge on any atom is -0.337 e. The molecule has 0 aliphatic rings. The second-order valence-corrected chi connectivity index (χ2v) is 5.51. The van der Waals surface area contributed by atoms with E-state index in [2.05, 4.69) is 15.9 Å². The summed E-state index contributed by atoms with van der Waals surface area (Å²) in [5.74, 6) is -0.616. The molecule has 3 nitrogen and oxygen atoms in total. The summed E-state index contributed by atoms with van der Waals surface area (Å²) < 4.78 is 14.5. The SMILES string of the molecule is CN(Cc1cc(Br)ccc1F)C(=O)c1cccc(C#N)c1. The number of nitriles is 1. The number of carbonyl (C=O) groups is 1. The molecule has 21 heavy (non-hydrogen) atoms. The molecule has 0 fully saturated rings. The first-order valence-electron chi connectivity index (χ1n) is 6.21. The summed E-state index contributed by atoms with van der Waals surface area (Å²) in [4.78, 5) is 13.7. The average molecular weight is 347 g/mol. The van der Waals surface area contributed by atoms with E-state index in [0.29, 0.717) is 16.7 Å². The van der Waals surface area contributed by atoms with Crippen molar-refractivity contribution in [3.8, 4) is 6.07 Å². The summed E-state index contributed by atoms with van der Waals surface area (Å²) in [5.41, 5.74) is 1.26. The number of nitrogens with zero attached hydrogens (tertiary/aromatic N) is 2. The Kier molecular flexibility index (Phi) is 4.71. The number of carbonyl (C=O) groups excluding carboxylic acids is 1. The fraction of sp³-hybridized carbons (Fsp3) is 0.125. The largest absolute Gasteiger partial charge is 0.337 e. The smallest absolute Gasteiger partial charge is 0.253 e. The molecule has 0 spiro atoms. The van der Waals surface area contributed by atoms with Crippen LogP contribution in [0, 0.1) is 17.1 Å². The van der Waals surface area contributed by atoms with Gasteiger partial charge in [0.15, 0.2) is 0 Å². The number of halogens is 2. The molecule has 2 aromatic rings. The van der Waals surface area contributed by atoms with E-state index in [9.17, 15) is 9.18 Å². The Hall–Kier alpha value is -2.19. The van der Waals surface area contributed by atoms with Crippen LogP contribution < -0.4 is 0 Å². The van der Waals surface area contributed by atoms with Crippen LogP contribution in [0.4, 0.5) is 4.39 Å². The number of hydrogen-bond donors (Lipinski definition) is 0. The fourth-order valence-electron chi connectivity index (χ4n) is 1.93. The van der Waals surface area contributed by atoms with E-state index in [1.807, 2.05) is 6.07 Å². The van der Waals surface area contributed by atoms with Crippen molar-refractivity contribution in [1.29, 1.82) is 5.26 Å². The maximum absolute atomic E-state index is 13.7. The van der Waals surface area contributed by atoms with Crippen molar-refractivity contribution in [3.63, 3.8) is 0 Å². The Morgan fingerprint density at radius 3 is 2.81 bits per heavy atom. The molecule has 0 saturated carbocycles. The average Bonchev–Trinajstić information content (AvgIpc) is 2.50. The van der Waals surface area contributed by atoms with E-state index >= 15 is 0 Å². The summed E-state index contributed by atoms with van der Waals surface area (Å²) in [7, 11) is 1.60. The van der Waals surface area contributed by atoms with Crippen LogP contribution in [0.5, 0.6) is 0 Å². The first-order valence-corrected chi connectivity index (χ1v) is 7.00. The highest BCUT2D eigenvalue weighted by molar-refractivity contribution is 9.10. The molecular formula is C16H12BrFN2O. The van der Waals surface area contributed by atoms with E-state index in [1.165, 1.54) is 17.0 Å². The molecule has 0 aromatic heterocycles. The maximum Gasteiger partial charge on any atom is 0.253 e. The molecule has 0 aliphatic carbocycles. The quantitative estimate of drug-likeness (QED) is 0.849. The van der Waals surface area contributed by atoms with Gasteiger partial charge in [-0.25, -0.2) is 4.39 Å². The first kappa shape index (κ1) is 15.2. The zero-order valence-electron chi connectivity index (χ0n) is 11.3. The summed E-state index contributed by atoms with van der Waals surface area (Å²) in [6.45, 7) is 0.154. The molecule has 0 heterocycles. The molecule has 2 rings (SSSR count). The van der Waals surface area contributed by atoms with Gasteiger partial charge in [0, 0.05) is 29.2 Å². The van der Waals surface area contributed by atoms with Crippen molar-refractivity contribution in [1.82, 2.24) is 4.90 Å². The Morgan fingerprint density at radius 2 is 2.10 bits per heavy atom. The van der Waals surface area contributed by atoms with Crippen molar-refractivity contribution in [3.05, 3.63) is 69.4 Å². The van der Waals surface area contributed by atoms with Crippen LogP contribution in [0.1, 0.15) is 21.5 Å². The predicted molar refractivity (Wildman–Crippen MR) is 81.1 cm³/mol. The third kappa shape index (κ3) is 3.67. The maximum atomic E-state index is 13.7. The highest BCUT2D eigenvalue weighted by Crippen LogP contribution is 2.18. The van der Waals surface area contributed by atoms with Gasteiger partial charge in [-0.15, -0.1) is 0 Å². The van der Waals surface area contributed by atoms with Crippen molar-refractivity contribution < 1.29 is 9.18 Å². The third-order valence-corrected chi connectivity index (χ3v) is 3.49. The number of benzene rings is 2. The molecule has 1 amide bonds. The molecule has 0 N–H and O–H groups in total. The van der Waals surface area contributed by atoms with Crippen molar-refractivity contribution >= 4 is 21.8 Å². The minimum atomic E-state index is -0.358. The van der Waals surface area contributed by atoms with E-state index in [-0.39, 0.29) is 18.3 Å². The fourth-order valence-corrected chi connectivity index (χ4v) is 2.34. The van der Waals surface area contributed by atoms with Gasteiger partial charge in [-0.3, -0.25) is 4.79 Å². The molecule has 0 unspecified atom stereocenters. The van der Waals surface area contributed by atoms with Gasteiger partial charge in [-0.05, 0) is 36.4 Å². The second kappa shape index (κ2) is 6.51. The standard InChI is InChI=1S/C16H12BrFN2O/c1-20(10-13-8-14(17)5-6-15(13)18)16(21)12-4-2-3-11(7-12)9-19/h2-8H,10H2,1H3. The zero-order valence-corrected chi connectivity index (χ0v) is 12.9. The normalized spacial score (nSPS) is 10.0. The summed E-state index contributed by atoms with van der Waals surface area (Å²) >= 11 is 3.28. The van der Waals surface area contributed by atoms with Gasteiger partial charge >= 0.3 is 0 Å². The van der Waals surface area contributed by atoms with E-state index in [0.717, 1.165) is 4.47 Å². The highest BCUT2D eigenvalue weighted by Gasteiger charge is 2.14. The van der Waals surface area contributed by atoms with Crippen LogP contribution in [0.3, 0.4) is 0 Å². The van der Waals surface area contributed by atoms with Crippen LogP contribution in [-0.2, 0) is 6.54 Å². The lowest BCUT2D eigenvalue weighted by Gasteiger charge is -2.18. The third-order valence-electron chi connectivity index (χ3n) is 3.00. The van der Waals surface area contributed by atoms with Crippen molar-refractivity contribution in [2.24, 2.45) is 0 Å². The lowest BCUT2D eigenvalue weighted by atomic mass is 10.1. The lowest BCUT2D eigenvalue weighted by Crippen LogP contribution is -2.26. The number of rotatable bonds is 3. The Bertz CT molecular complexity index is 724. The highest BCUT2D eigenvalue weighted by atomic mass is 79.9. The van der Waals surface area contributed by atoms with Crippen LogP contribution in [0.2, 0.25) is 0 Å². The van der Waals surface area contributed by atoms with Gasteiger partial charge in [-0.2, -0.15) is 5.26 Å². The Balaban J connectivity index is 2.19. The van der Waals surface area contributed by atoms with Gasteiger partial charge in [0.2, 0.25) is 0 Å². The molecule has 0 bridgehead atoms. The van der Waals surface area contributed by atoms with Crippen LogP contribution in [-0.4, -0.2) is 17.9 Å². The van der Waals surface area contributed by atoms with Crippen LogP contribution in [0.25, 0.3) is 0 Å².